The van der Waals surface area contributed by atoms with Gasteiger partial charge in [-0.15, -0.1) is 0 Å². The fraction of sp³-hybridized carbons (Fsp3) is 0.667. The van der Waals surface area contributed by atoms with Gasteiger partial charge in [0.25, 0.3) is 0 Å². The summed E-state index contributed by atoms with van der Waals surface area (Å²) in [5.41, 5.74) is 4.80. The van der Waals surface area contributed by atoms with E-state index in [0.29, 0.717) is 0 Å². The summed E-state index contributed by atoms with van der Waals surface area (Å²) in [6.07, 6.45) is -0.269. The van der Waals surface area contributed by atoms with Crippen LogP contribution in [0, 0.1) is 0 Å². The number of aliphatic carboxylic acids is 1. The van der Waals surface area contributed by atoms with E-state index in [-0.39, 0.29) is 19.6 Å². The molecule has 0 heterocycles. The highest BCUT2D eigenvalue weighted by Crippen LogP contribution is 1.90. The predicted octanol–water partition coefficient (Wildman–Crippen LogP) is -2.10. The number of primary amides is 1. The highest BCUT2D eigenvalue weighted by molar-refractivity contribution is 5.83. The number of nitrogens with two attached hydrogens (primary N) is 1. The summed E-state index contributed by atoms with van der Waals surface area (Å²) < 4.78 is 0. The van der Waals surface area contributed by atoms with Crippen molar-refractivity contribution in [3.05, 3.63) is 0 Å². The smallest absolute Gasteiger partial charge is 0.321 e. The number of amides is 1. The standard InChI is InChI=1S/C6H12N2O4/c7-5(10)3-4(6(11)12)8-1-2-9/h4,8-9H,1-3H2,(H2,7,10)(H,11,12)/t4-/m0/s1. The number of carbonyl (C=O) groups excluding carboxylic acids is 1. The molecule has 0 aromatic heterocycles. The number of hydrogen-bond donors (Lipinski definition) is 4. The highest BCUT2D eigenvalue weighted by Gasteiger charge is 2.18. The van der Waals surface area contributed by atoms with Crippen LogP contribution in [0.15, 0.2) is 0 Å². The molecule has 0 rings (SSSR count). The molecule has 0 bridgehead atoms. The van der Waals surface area contributed by atoms with Crippen LogP contribution >= 0.6 is 0 Å². The fourth-order valence-electron chi connectivity index (χ4n) is 0.687. The third-order valence-corrected chi connectivity index (χ3v) is 1.21. The molecule has 1 atom stereocenters. The Labute approximate surface area is 69.4 Å². The number of nitrogens with one attached hydrogen (secondary N) is 1. The minimum absolute atomic E-state index is 0.129. The first-order valence-corrected chi connectivity index (χ1v) is 3.43. The predicted molar refractivity (Wildman–Crippen MR) is 40.3 cm³/mol. The van der Waals surface area contributed by atoms with Gasteiger partial charge in [-0.1, -0.05) is 0 Å². The summed E-state index contributed by atoms with van der Waals surface area (Å²) in [7, 11) is 0. The van der Waals surface area contributed by atoms with Crippen LogP contribution in [-0.2, 0) is 9.59 Å². The van der Waals surface area contributed by atoms with Crippen LogP contribution in [0.3, 0.4) is 0 Å². The number of aliphatic hydroxyl groups excluding tert-OH is 1. The van der Waals surface area contributed by atoms with Gasteiger partial charge in [-0.05, 0) is 0 Å². The largest absolute Gasteiger partial charge is 0.480 e. The Morgan fingerprint density at radius 2 is 2.08 bits per heavy atom. The van der Waals surface area contributed by atoms with Crippen molar-refractivity contribution in [2.45, 2.75) is 12.5 Å². The molecule has 0 aromatic carbocycles. The lowest BCUT2D eigenvalue weighted by Gasteiger charge is -2.10. The number of rotatable bonds is 6. The molecular weight excluding hydrogens is 164 g/mol. The molecule has 0 aliphatic carbocycles. The number of carboxylic acid groups (broad SMARTS) is 1. The molecule has 0 aliphatic rings. The first kappa shape index (κ1) is 10.9. The molecule has 70 valence electrons. The Hall–Kier alpha value is -1.14. The topological polar surface area (TPSA) is 113 Å². The second-order valence-corrected chi connectivity index (χ2v) is 2.24. The molecule has 0 saturated carbocycles. The molecule has 1 amide bonds. The summed E-state index contributed by atoms with van der Waals surface area (Å²) in [4.78, 5) is 20.7. The summed E-state index contributed by atoms with van der Waals surface area (Å²) in [6, 6.07) is -1.00. The van der Waals surface area contributed by atoms with Gasteiger partial charge in [0.1, 0.15) is 6.04 Å². The lowest BCUT2D eigenvalue weighted by atomic mass is 10.2. The van der Waals surface area contributed by atoms with Gasteiger partial charge in [0.2, 0.25) is 5.91 Å². The van der Waals surface area contributed by atoms with E-state index in [2.05, 4.69) is 5.32 Å². The first-order chi connectivity index (χ1) is 5.57. The van der Waals surface area contributed by atoms with Crippen LogP contribution in [0.5, 0.6) is 0 Å². The van der Waals surface area contributed by atoms with E-state index >= 15 is 0 Å². The molecule has 0 aromatic rings. The van der Waals surface area contributed by atoms with E-state index in [4.69, 9.17) is 15.9 Å². The van der Waals surface area contributed by atoms with Crippen LogP contribution in [0.2, 0.25) is 0 Å². The third-order valence-electron chi connectivity index (χ3n) is 1.21. The maximum absolute atomic E-state index is 10.4. The van der Waals surface area contributed by atoms with Crippen LogP contribution in [-0.4, -0.2) is 41.3 Å². The molecule has 12 heavy (non-hydrogen) atoms. The number of aliphatic hydroxyl groups is 1. The van der Waals surface area contributed by atoms with E-state index < -0.39 is 17.9 Å². The maximum Gasteiger partial charge on any atom is 0.321 e. The minimum atomic E-state index is -1.15. The Balaban J connectivity index is 3.87. The molecule has 6 heteroatoms. The summed E-state index contributed by atoms with van der Waals surface area (Å²) in [5.74, 6) is -1.84. The number of carbonyl (C=O) groups is 2. The van der Waals surface area contributed by atoms with Crippen LogP contribution in [0.25, 0.3) is 0 Å². The van der Waals surface area contributed by atoms with E-state index in [1.165, 1.54) is 0 Å². The average Bonchev–Trinajstić information content (AvgIpc) is 1.96. The Kier molecular flexibility index (Phi) is 4.98. The van der Waals surface area contributed by atoms with Crippen LogP contribution < -0.4 is 11.1 Å². The van der Waals surface area contributed by atoms with Crippen molar-refractivity contribution >= 4 is 11.9 Å². The first-order valence-electron chi connectivity index (χ1n) is 3.43. The van der Waals surface area contributed by atoms with E-state index in [1.807, 2.05) is 0 Å². The number of hydrogen-bond acceptors (Lipinski definition) is 4. The molecular formula is C6H12N2O4. The third kappa shape index (κ3) is 4.64. The van der Waals surface area contributed by atoms with Gasteiger partial charge in [-0.25, -0.2) is 0 Å². The summed E-state index contributed by atoms with van der Waals surface area (Å²) in [6.45, 7) is -0.0488. The van der Waals surface area contributed by atoms with Crippen LogP contribution in [0.1, 0.15) is 6.42 Å². The molecule has 0 unspecified atom stereocenters. The van der Waals surface area contributed by atoms with Crippen molar-refractivity contribution in [1.82, 2.24) is 5.32 Å². The van der Waals surface area contributed by atoms with Gasteiger partial charge in [0.05, 0.1) is 13.0 Å². The summed E-state index contributed by atoms with van der Waals surface area (Å²) >= 11 is 0. The monoisotopic (exact) mass is 176 g/mol. The van der Waals surface area contributed by atoms with Gasteiger partial charge >= 0.3 is 5.97 Å². The SMILES string of the molecule is NC(=O)C[C@H](NCCO)C(=O)O. The molecule has 0 aliphatic heterocycles. The van der Waals surface area contributed by atoms with E-state index in [0.717, 1.165) is 0 Å². The zero-order chi connectivity index (χ0) is 9.56. The van der Waals surface area contributed by atoms with Crippen LogP contribution in [0.4, 0.5) is 0 Å². The van der Waals surface area contributed by atoms with E-state index in [1.54, 1.807) is 0 Å². The van der Waals surface area contributed by atoms with Crippen molar-refractivity contribution in [2.75, 3.05) is 13.2 Å². The quantitative estimate of drug-likeness (QED) is 0.370. The van der Waals surface area contributed by atoms with Gasteiger partial charge in [0.15, 0.2) is 0 Å². The molecule has 5 N–H and O–H groups in total. The Morgan fingerprint density at radius 1 is 1.50 bits per heavy atom. The lowest BCUT2D eigenvalue weighted by molar-refractivity contribution is -0.141. The molecule has 0 saturated heterocycles. The molecule has 0 radical (unpaired) electrons. The Bertz CT molecular complexity index is 171. The highest BCUT2D eigenvalue weighted by atomic mass is 16.4. The van der Waals surface area contributed by atoms with Crippen molar-refractivity contribution in [2.24, 2.45) is 5.73 Å². The Morgan fingerprint density at radius 3 is 2.42 bits per heavy atom. The van der Waals surface area contributed by atoms with Crippen molar-refractivity contribution in [3.63, 3.8) is 0 Å². The van der Waals surface area contributed by atoms with Gasteiger partial charge in [-0.3, -0.25) is 9.59 Å². The van der Waals surface area contributed by atoms with Gasteiger partial charge in [0, 0.05) is 6.54 Å². The van der Waals surface area contributed by atoms with Gasteiger partial charge < -0.3 is 21.3 Å². The molecule has 0 spiro atoms. The normalized spacial score (nSPS) is 12.4. The zero-order valence-corrected chi connectivity index (χ0v) is 6.49. The second kappa shape index (κ2) is 5.50. The van der Waals surface area contributed by atoms with Crippen molar-refractivity contribution < 1.29 is 19.8 Å². The number of carboxylic acids is 1. The fourth-order valence-corrected chi connectivity index (χ4v) is 0.687. The zero-order valence-electron chi connectivity index (χ0n) is 6.49. The molecule has 0 fully saturated rings. The second-order valence-electron chi connectivity index (χ2n) is 2.24. The van der Waals surface area contributed by atoms with E-state index in [9.17, 15) is 9.59 Å². The average molecular weight is 176 g/mol. The van der Waals surface area contributed by atoms with Gasteiger partial charge in [-0.2, -0.15) is 0 Å². The van der Waals surface area contributed by atoms with Crippen molar-refractivity contribution in [1.29, 1.82) is 0 Å². The lowest BCUT2D eigenvalue weighted by Crippen LogP contribution is -2.41. The van der Waals surface area contributed by atoms with Crippen molar-refractivity contribution in [3.8, 4) is 0 Å². The maximum atomic E-state index is 10.4. The summed E-state index contributed by atoms with van der Waals surface area (Å²) in [5, 5.41) is 19.3. The molecule has 6 nitrogen and oxygen atoms in total. The minimum Gasteiger partial charge on any atom is -0.480 e.